The molecule has 0 fully saturated rings. The Bertz CT molecular complexity index is 1530. The third-order valence-electron chi connectivity index (χ3n) is 5.76. The maximum atomic E-state index is 13.5. The van der Waals surface area contributed by atoms with Gasteiger partial charge in [0, 0.05) is 24.2 Å². The smallest absolute Gasteiger partial charge is 0.271 e. The Morgan fingerprint density at radius 2 is 1.74 bits per heavy atom. The van der Waals surface area contributed by atoms with Gasteiger partial charge in [-0.15, -0.1) is 0 Å². The molecule has 4 rings (SSSR count). The molecule has 38 heavy (non-hydrogen) atoms. The second-order valence-electron chi connectivity index (χ2n) is 8.12. The lowest BCUT2D eigenvalue weighted by Crippen LogP contribution is -2.26. The zero-order chi connectivity index (χ0) is 27.4. The zero-order valence-electron chi connectivity index (χ0n) is 20.9. The molecule has 1 heterocycles. The highest BCUT2D eigenvalue weighted by Gasteiger charge is 2.26. The van der Waals surface area contributed by atoms with E-state index in [0.29, 0.717) is 34.3 Å². The van der Waals surface area contributed by atoms with E-state index in [9.17, 15) is 13.2 Å². The number of thiazole rings is 1. The van der Waals surface area contributed by atoms with E-state index in [1.54, 1.807) is 49.4 Å². The van der Waals surface area contributed by atoms with E-state index < -0.39 is 21.8 Å². The molecular weight excluding hydrogens is 550 g/mol. The summed E-state index contributed by atoms with van der Waals surface area (Å²) in [5.41, 5.74) is 7.55. The predicted molar refractivity (Wildman–Crippen MR) is 148 cm³/mol. The third kappa shape index (κ3) is 5.86. The molecule has 1 amide bonds. The fourth-order valence-electron chi connectivity index (χ4n) is 3.66. The molecule has 1 unspecified atom stereocenters. The highest BCUT2D eigenvalue weighted by molar-refractivity contribution is 7.91. The number of benzene rings is 3. The number of aromatic nitrogens is 1. The molecule has 0 aliphatic heterocycles. The van der Waals surface area contributed by atoms with Gasteiger partial charge in [-0.25, -0.2) is 13.4 Å². The number of fused-ring (bicyclic) bond motifs is 1. The van der Waals surface area contributed by atoms with E-state index in [-0.39, 0.29) is 21.4 Å². The number of sulfone groups is 1. The summed E-state index contributed by atoms with van der Waals surface area (Å²) in [6.45, 7) is 1.86. The number of nitrogens with zero attached hydrogens (tertiary/aromatic N) is 1. The molecule has 0 radical (unpaired) electrons. The first-order valence-electron chi connectivity index (χ1n) is 11.5. The van der Waals surface area contributed by atoms with Gasteiger partial charge in [0.1, 0.15) is 5.75 Å². The first-order valence-corrected chi connectivity index (χ1v) is 14.3. The number of anilines is 1. The quantitative estimate of drug-likeness (QED) is 0.271. The van der Waals surface area contributed by atoms with Crippen molar-refractivity contribution in [3.05, 3.63) is 70.7 Å². The minimum Gasteiger partial charge on any atom is -0.493 e. The van der Waals surface area contributed by atoms with Crippen molar-refractivity contribution in [2.75, 3.05) is 25.3 Å². The van der Waals surface area contributed by atoms with Gasteiger partial charge in [-0.1, -0.05) is 48.1 Å². The lowest BCUT2D eigenvalue weighted by Gasteiger charge is -2.20. The molecule has 3 aromatic carbocycles. The number of hydrogen-bond acceptors (Lipinski definition) is 9. The van der Waals surface area contributed by atoms with Gasteiger partial charge in [-0.05, 0) is 29.8 Å². The lowest BCUT2D eigenvalue weighted by atomic mass is 10.1. The molecule has 4 aromatic rings. The third-order valence-corrected chi connectivity index (χ3v) is 8.74. The van der Waals surface area contributed by atoms with E-state index in [1.165, 1.54) is 37.7 Å². The summed E-state index contributed by atoms with van der Waals surface area (Å²) in [7, 11) is -0.342. The predicted octanol–water partition coefficient (Wildman–Crippen LogP) is 4.98. The van der Waals surface area contributed by atoms with E-state index in [1.807, 2.05) is 0 Å². The van der Waals surface area contributed by atoms with E-state index in [4.69, 9.17) is 31.5 Å². The Morgan fingerprint density at radius 1 is 1.05 bits per heavy atom. The molecule has 0 aliphatic rings. The largest absolute Gasteiger partial charge is 0.493 e. The first-order chi connectivity index (χ1) is 18.2. The van der Waals surface area contributed by atoms with E-state index >= 15 is 0 Å². The average molecular weight is 576 g/mol. The normalized spacial score (nSPS) is 12.2. The van der Waals surface area contributed by atoms with Crippen LogP contribution in [0.25, 0.3) is 10.2 Å². The highest BCUT2D eigenvalue weighted by Crippen LogP contribution is 2.37. The van der Waals surface area contributed by atoms with Gasteiger partial charge in [-0.3, -0.25) is 10.1 Å². The van der Waals surface area contributed by atoms with Gasteiger partial charge in [0.2, 0.25) is 6.10 Å². The van der Waals surface area contributed by atoms with Crippen molar-refractivity contribution >= 4 is 54.0 Å². The molecule has 0 saturated heterocycles. The minimum atomic E-state index is -3.41. The maximum absolute atomic E-state index is 13.5. The number of carbonyl (C=O) groups excluding carboxylic acids is 1. The lowest BCUT2D eigenvalue weighted by molar-refractivity contribution is -0.123. The van der Waals surface area contributed by atoms with Crippen molar-refractivity contribution in [1.29, 1.82) is 0 Å². The van der Waals surface area contributed by atoms with Gasteiger partial charge in [0.25, 0.3) is 5.91 Å². The van der Waals surface area contributed by atoms with Gasteiger partial charge in [-0.2, -0.15) is 0 Å². The monoisotopic (exact) mass is 575 g/mol. The number of nitrogens with one attached hydrogen (secondary N) is 1. The fraction of sp³-hybridized carbons (Fsp3) is 0.231. The molecule has 0 saturated carbocycles. The van der Waals surface area contributed by atoms with Crippen molar-refractivity contribution in [1.82, 2.24) is 4.98 Å². The zero-order valence-corrected chi connectivity index (χ0v) is 23.2. The van der Waals surface area contributed by atoms with Crippen LogP contribution in [0.2, 0.25) is 5.02 Å². The molecule has 200 valence electrons. The maximum Gasteiger partial charge on any atom is 0.271 e. The topological polar surface area (TPSA) is 130 Å². The summed E-state index contributed by atoms with van der Waals surface area (Å²) in [6, 6.07) is 14.5. The van der Waals surface area contributed by atoms with Crippen LogP contribution >= 0.6 is 22.9 Å². The molecular formula is C26H26ClN3O6S2. The summed E-state index contributed by atoms with van der Waals surface area (Å²) in [5.74, 6) is 0.770. The summed E-state index contributed by atoms with van der Waals surface area (Å²) in [4.78, 5) is 18.2. The summed E-state index contributed by atoms with van der Waals surface area (Å²) < 4.78 is 42.1. The number of hydrogen-bond donors (Lipinski definition) is 2. The van der Waals surface area contributed by atoms with Crippen LogP contribution in [-0.2, 0) is 21.2 Å². The van der Waals surface area contributed by atoms with E-state index in [0.717, 1.165) is 10.3 Å². The van der Waals surface area contributed by atoms with Crippen LogP contribution in [0.5, 0.6) is 17.2 Å². The van der Waals surface area contributed by atoms with Gasteiger partial charge >= 0.3 is 0 Å². The standard InChI is InChI=1S/C26H26ClN3O6S2/c1-4-38(32,33)17-8-6-16(7-9-17)24(36-20-10-5-15(14-28)11-18(20)27)25(31)30-26-29-19-12-21(34-2)22(35-3)13-23(19)37-26/h5-13,24H,4,14,28H2,1-3H3,(H,29,30,31). The molecule has 1 aromatic heterocycles. The molecule has 12 heteroatoms. The number of carbonyl (C=O) groups is 1. The van der Waals surface area contributed by atoms with Crippen molar-refractivity contribution in [3.8, 4) is 17.2 Å². The van der Waals surface area contributed by atoms with Crippen LogP contribution in [0, 0.1) is 0 Å². The Hall–Kier alpha value is -3.38. The second-order valence-corrected chi connectivity index (χ2v) is 11.8. The van der Waals surface area contributed by atoms with Crippen molar-refractivity contribution in [2.24, 2.45) is 5.73 Å². The number of halogens is 1. The minimum absolute atomic E-state index is 0.0387. The molecule has 0 aliphatic carbocycles. The Balaban J connectivity index is 1.68. The Morgan fingerprint density at radius 3 is 2.34 bits per heavy atom. The summed E-state index contributed by atoms with van der Waals surface area (Å²) in [6.07, 6.45) is -1.16. The number of rotatable bonds is 10. The Kier molecular flexibility index (Phi) is 8.41. The van der Waals surface area contributed by atoms with Gasteiger partial charge in [0.05, 0.1) is 40.1 Å². The summed E-state index contributed by atoms with van der Waals surface area (Å²) >= 11 is 7.65. The van der Waals surface area contributed by atoms with Crippen LogP contribution < -0.4 is 25.3 Å². The first kappa shape index (κ1) is 27.6. The van der Waals surface area contributed by atoms with E-state index in [2.05, 4.69) is 10.3 Å². The van der Waals surface area contributed by atoms with Gasteiger partial charge < -0.3 is 19.9 Å². The molecule has 9 nitrogen and oxygen atoms in total. The number of nitrogens with two attached hydrogens (primary N) is 1. The number of ether oxygens (including phenoxy) is 3. The summed E-state index contributed by atoms with van der Waals surface area (Å²) in [5, 5.41) is 3.43. The number of methoxy groups -OCH3 is 2. The molecule has 3 N–H and O–H groups in total. The SMILES string of the molecule is CCS(=O)(=O)c1ccc(C(Oc2ccc(CN)cc2Cl)C(=O)Nc2nc3cc(OC)c(OC)cc3s2)cc1. The van der Waals surface area contributed by atoms with Crippen LogP contribution in [-0.4, -0.2) is 39.3 Å². The van der Waals surface area contributed by atoms with Crippen LogP contribution in [0.1, 0.15) is 24.2 Å². The van der Waals surface area contributed by atoms with Gasteiger partial charge in [0.15, 0.2) is 26.5 Å². The van der Waals surface area contributed by atoms with Crippen LogP contribution in [0.3, 0.4) is 0 Å². The van der Waals surface area contributed by atoms with Crippen LogP contribution in [0.15, 0.2) is 59.5 Å². The Labute approximate surface area is 229 Å². The van der Waals surface area contributed by atoms with Crippen LogP contribution in [0.4, 0.5) is 5.13 Å². The molecule has 0 spiro atoms. The number of amides is 1. The molecule has 1 atom stereocenters. The van der Waals surface area contributed by atoms with Crippen molar-refractivity contribution in [3.63, 3.8) is 0 Å². The fourth-order valence-corrected chi connectivity index (χ4v) is 5.67. The van der Waals surface area contributed by atoms with Crippen molar-refractivity contribution in [2.45, 2.75) is 24.5 Å². The average Bonchev–Trinajstić information content (AvgIpc) is 3.32. The second kappa shape index (κ2) is 11.6. The molecule has 0 bridgehead atoms. The highest BCUT2D eigenvalue weighted by atomic mass is 35.5. The van der Waals surface area contributed by atoms with Crippen molar-refractivity contribution < 1.29 is 27.4 Å².